The van der Waals surface area contributed by atoms with Gasteiger partial charge in [-0.05, 0) is 31.5 Å². The predicted octanol–water partition coefficient (Wildman–Crippen LogP) is 3.05. The molecule has 1 N–H and O–H groups in total. The van der Waals surface area contributed by atoms with Crippen LogP contribution in [0.15, 0.2) is 24.3 Å². The zero-order valence-corrected chi connectivity index (χ0v) is 13.6. The summed E-state index contributed by atoms with van der Waals surface area (Å²) in [5.41, 5.74) is 4.87. The topological polar surface area (TPSA) is 39.1 Å². The zero-order valence-electron chi connectivity index (χ0n) is 13.6. The van der Waals surface area contributed by atoms with Crippen LogP contribution in [0.3, 0.4) is 0 Å². The van der Waals surface area contributed by atoms with Crippen LogP contribution in [0.4, 0.5) is 0 Å². The van der Waals surface area contributed by atoms with Crippen LogP contribution in [0, 0.1) is 13.8 Å². The number of nitrogens with one attached hydrogen (secondary N) is 1. The molecule has 0 aliphatic heterocycles. The fourth-order valence-corrected chi connectivity index (χ4v) is 2.35. The fraction of sp³-hybridized carbons (Fsp3) is 0.471. The number of rotatable bonds is 6. The van der Waals surface area contributed by atoms with E-state index in [1.165, 1.54) is 16.8 Å². The number of ether oxygens (including phenoxy) is 1. The highest BCUT2D eigenvalue weighted by Gasteiger charge is 2.11. The van der Waals surface area contributed by atoms with Crippen molar-refractivity contribution in [2.45, 2.75) is 46.8 Å². The minimum atomic E-state index is 0.480. The summed E-state index contributed by atoms with van der Waals surface area (Å²) in [5, 5.41) is 8.14. The van der Waals surface area contributed by atoms with Crippen molar-refractivity contribution >= 4 is 0 Å². The maximum atomic E-state index is 5.19. The Hall–Kier alpha value is -1.81. The second-order valence-corrected chi connectivity index (χ2v) is 5.69. The molecule has 0 bridgehead atoms. The van der Waals surface area contributed by atoms with Crippen LogP contribution in [0.25, 0.3) is 0 Å². The second kappa shape index (κ2) is 6.76. The lowest BCUT2D eigenvalue weighted by atomic mass is 10.2. The average Bonchev–Trinajstić information content (AvgIpc) is 2.72. The molecule has 0 spiro atoms. The van der Waals surface area contributed by atoms with Gasteiger partial charge in [-0.3, -0.25) is 4.68 Å². The predicted molar refractivity (Wildman–Crippen MR) is 85.8 cm³/mol. The molecule has 1 aromatic heterocycles. The molecule has 0 saturated heterocycles. The monoisotopic (exact) mass is 287 g/mol. The Morgan fingerprint density at radius 2 is 1.86 bits per heavy atom. The first-order valence-corrected chi connectivity index (χ1v) is 7.40. The Balaban J connectivity index is 2.14. The van der Waals surface area contributed by atoms with Crippen LogP contribution in [0.1, 0.15) is 36.4 Å². The van der Waals surface area contributed by atoms with Gasteiger partial charge in [0, 0.05) is 23.8 Å². The van der Waals surface area contributed by atoms with Crippen molar-refractivity contribution in [1.82, 2.24) is 15.1 Å². The molecule has 2 rings (SSSR count). The van der Waals surface area contributed by atoms with E-state index in [4.69, 9.17) is 4.74 Å². The molecule has 0 aliphatic rings. The van der Waals surface area contributed by atoms with E-state index in [1.807, 2.05) is 12.1 Å². The lowest BCUT2D eigenvalue weighted by molar-refractivity contribution is 0.414. The van der Waals surface area contributed by atoms with Gasteiger partial charge in [0.05, 0.1) is 19.3 Å². The van der Waals surface area contributed by atoms with Crippen LogP contribution in [-0.2, 0) is 13.1 Å². The van der Waals surface area contributed by atoms with Crippen molar-refractivity contribution in [2.24, 2.45) is 0 Å². The molecule has 114 valence electrons. The molecule has 1 heterocycles. The van der Waals surface area contributed by atoms with Crippen molar-refractivity contribution in [1.29, 1.82) is 0 Å². The molecule has 0 saturated carbocycles. The highest BCUT2D eigenvalue weighted by molar-refractivity contribution is 5.29. The van der Waals surface area contributed by atoms with Gasteiger partial charge in [0.25, 0.3) is 0 Å². The smallest absolute Gasteiger partial charge is 0.118 e. The molecule has 0 amide bonds. The number of benzene rings is 1. The van der Waals surface area contributed by atoms with E-state index < -0.39 is 0 Å². The molecule has 4 heteroatoms. The quantitative estimate of drug-likeness (QED) is 0.887. The SMILES string of the molecule is COc1ccc(Cn2nc(C)c(CNC(C)C)c2C)cc1. The summed E-state index contributed by atoms with van der Waals surface area (Å²) in [7, 11) is 1.68. The van der Waals surface area contributed by atoms with E-state index >= 15 is 0 Å². The molecule has 2 aromatic rings. The van der Waals surface area contributed by atoms with Crippen LogP contribution in [0.5, 0.6) is 5.75 Å². The first-order valence-electron chi connectivity index (χ1n) is 7.40. The molecule has 0 atom stereocenters. The largest absolute Gasteiger partial charge is 0.497 e. The lowest BCUT2D eigenvalue weighted by Crippen LogP contribution is -2.22. The van der Waals surface area contributed by atoms with Gasteiger partial charge >= 0.3 is 0 Å². The van der Waals surface area contributed by atoms with Gasteiger partial charge in [-0.2, -0.15) is 5.10 Å². The first-order chi connectivity index (χ1) is 10.0. The second-order valence-electron chi connectivity index (χ2n) is 5.69. The Labute approximate surface area is 127 Å². The Bertz CT molecular complexity index is 585. The molecule has 0 fully saturated rings. The molecular weight excluding hydrogens is 262 g/mol. The minimum absolute atomic E-state index is 0.480. The van der Waals surface area contributed by atoms with Crippen molar-refractivity contribution in [3.8, 4) is 5.75 Å². The lowest BCUT2D eigenvalue weighted by Gasteiger charge is -2.09. The van der Waals surface area contributed by atoms with Crippen LogP contribution < -0.4 is 10.1 Å². The maximum absolute atomic E-state index is 5.19. The zero-order chi connectivity index (χ0) is 15.4. The number of hydrogen-bond donors (Lipinski definition) is 1. The van der Waals surface area contributed by atoms with E-state index in [0.717, 1.165) is 24.5 Å². The molecule has 0 radical (unpaired) electrons. The van der Waals surface area contributed by atoms with Gasteiger partial charge in [-0.1, -0.05) is 26.0 Å². The molecule has 4 nitrogen and oxygen atoms in total. The Morgan fingerprint density at radius 3 is 2.43 bits per heavy atom. The van der Waals surface area contributed by atoms with Gasteiger partial charge in [0.15, 0.2) is 0 Å². The van der Waals surface area contributed by atoms with Crippen LogP contribution in [-0.4, -0.2) is 22.9 Å². The third-order valence-electron chi connectivity index (χ3n) is 3.71. The third-order valence-corrected chi connectivity index (χ3v) is 3.71. The van der Waals surface area contributed by atoms with Gasteiger partial charge in [-0.25, -0.2) is 0 Å². The first kappa shape index (κ1) is 15.6. The van der Waals surface area contributed by atoms with E-state index in [2.05, 4.69) is 54.9 Å². The molecule has 0 aliphatic carbocycles. The van der Waals surface area contributed by atoms with E-state index in [9.17, 15) is 0 Å². The maximum Gasteiger partial charge on any atom is 0.118 e. The average molecular weight is 287 g/mol. The highest BCUT2D eigenvalue weighted by atomic mass is 16.5. The molecule has 1 aromatic carbocycles. The standard InChI is InChI=1S/C17H25N3O/c1-12(2)18-10-17-13(3)19-20(14(17)4)11-15-6-8-16(21-5)9-7-15/h6-9,12,18H,10-11H2,1-5H3. The normalized spacial score (nSPS) is 11.1. The van der Waals surface area contributed by atoms with Gasteiger partial charge in [-0.15, -0.1) is 0 Å². The summed E-state index contributed by atoms with van der Waals surface area (Å²) in [6.45, 7) is 10.2. The molecule has 0 unspecified atom stereocenters. The third kappa shape index (κ3) is 3.85. The Kier molecular flexibility index (Phi) is 5.02. The number of nitrogens with zero attached hydrogens (tertiary/aromatic N) is 2. The van der Waals surface area contributed by atoms with Gasteiger partial charge in [0.1, 0.15) is 5.75 Å². The fourth-order valence-electron chi connectivity index (χ4n) is 2.35. The highest BCUT2D eigenvalue weighted by Crippen LogP contribution is 2.16. The summed E-state index contributed by atoms with van der Waals surface area (Å²) < 4.78 is 7.27. The molecular formula is C17H25N3O. The summed E-state index contributed by atoms with van der Waals surface area (Å²) in [5.74, 6) is 0.883. The number of aromatic nitrogens is 2. The van der Waals surface area contributed by atoms with Crippen LogP contribution in [0.2, 0.25) is 0 Å². The number of aryl methyl sites for hydroxylation is 1. The van der Waals surface area contributed by atoms with Crippen molar-refractivity contribution in [3.05, 3.63) is 46.8 Å². The van der Waals surface area contributed by atoms with Gasteiger partial charge in [0.2, 0.25) is 0 Å². The van der Waals surface area contributed by atoms with E-state index in [-0.39, 0.29) is 0 Å². The van der Waals surface area contributed by atoms with Crippen LogP contribution >= 0.6 is 0 Å². The van der Waals surface area contributed by atoms with E-state index in [0.29, 0.717) is 6.04 Å². The van der Waals surface area contributed by atoms with Crippen molar-refractivity contribution in [2.75, 3.05) is 7.11 Å². The summed E-state index contributed by atoms with van der Waals surface area (Å²) in [6.07, 6.45) is 0. The van der Waals surface area contributed by atoms with Crippen molar-refractivity contribution in [3.63, 3.8) is 0 Å². The number of methoxy groups -OCH3 is 1. The Morgan fingerprint density at radius 1 is 1.19 bits per heavy atom. The summed E-state index contributed by atoms with van der Waals surface area (Å²) in [6, 6.07) is 8.63. The number of hydrogen-bond acceptors (Lipinski definition) is 3. The molecule has 21 heavy (non-hydrogen) atoms. The summed E-state index contributed by atoms with van der Waals surface area (Å²) >= 11 is 0. The summed E-state index contributed by atoms with van der Waals surface area (Å²) in [4.78, 5) is 0. The minimum Gasteiger partial charge on any atom is -0.497 e. The van der Waals surface area contributed by atoms with E-state index in [1.54, 1.807) is 7.11 Å². The van der Waals surface area contributed by atoms with Gasteiger partial charge < -0.3 is 10.1 Å². The van der Waals surface area contributed by atoms with Crippen molar-refractivity contribution < 1.29 is 4.74 Å².